The van der Waals surface area contributed by atoms with Crippen molar-refractivity contribution in [3.8, 4) is 0 Å². The second-order valence-corrected chi connectivity index (χ2v) is 7.34. The molecule has 1 aromatic rings. The van der Waals surface area contributed by atoms with Crippen LogP contribution >= 0.6 is 11.6 Å². The van der Waals surface area contributed by atoms with E-state index >= 15 is 0 Å². The van der Waals surface area contributed by atoms with Gasteiger partial charge in [-0.15, -0.1) is 0 Å². The number of piperidine rings is 1. The average Bonchev–Trinajstić information content (AvgIpc) is 2.41. The van der Waals surface area contributed by atoms with Crippen molar-refractivity contribution >= 4 is 27.6 Å². The van der Waals surface area contributed by atoms with Crippen molar-refractivity contribution in [1.82, 2.24) is 4.31 Å². The Kier molecular flexibility index (Phi) is 4.55. The molecule has 0 aromatic heterocycles. The van der Waals surface area contributed by atoms with Crippen LogP contribution < -0.4 is 0 Å². The molecule has 0 saturated carbocycles. The number of hydrogen-bond acceptors (Lipinski definition) is 3. The smallest absolute Gasteiger partial charge is 0.322 e. The summed E-state index contributed by atoms with van der Waals surface area (Å²) in [5.41, 5.74) is 0. The van der Waals surface area contributed by atoms with Gasteiger partial charge in [-0.2, -0.15) is 4.31 Å². The predicted molar refractivity (Wildman–Crippen MR) is 75.1 cm³/mol. The molecule has 1 heterocycles. The lowest BCUT2D eigenvalue weighted by molar-refractivity contribution is -0.144. The molecular weight excluding hydrogens is 321 g/mol. The van der Waals surface area contributed by atoms with Crippen molar-refractivity contribution in [2.45, 2.75) is 30.7 Å². The number of nitrogens with zero attached hydrogens (tertiary/aromatic N) is 1. The molecular formula is C13H15ClFNO4S. The topological polar surface area (TPSA) is 74.7 Å². The first-order valence-electron chi connectivity index (χ1n) is 6.45. The predicted octanol–water partition coefficient (Wildman–Crippen LogP) is 2.35. The number of carboxylic acid groups (broad SMARTS) is 1. The van der Waals surface area contributed by atoms with E-state index in [0.717, 1.165) is 10.4 Å². The maximum atomic E-state index is 14.0. The van der Waals surface area contributed by atoms with Crippen LogP contribution in [0.4, 0.5) is 4.39 Å². The SMILES string of the molecule is CC1CCCN(S(=O)(=O)c2cccc(Cl)c2F)C1C(=O)O. The third-order valence-corrected chi connectivity index (χ3v) is 5.83. The van der Waals surface area contributed by atoms with Gasteiger partial charge in [0.1, 0.15) is 10.9 Å². The maximum Gasteiger partial charge on any atom is 0.322 e. The number of halogens is 2. The molecule has 1 fully saturated rings. The van der Waals surface area contributed by atoms with Gasteiger partial charge in [0.2, 0.25) is 10.0 Å². The molecule has 116 valence electrons. The summed E-state index contributed by atoms with van der Waals surface area (Å²) in [7, 11) is -4.25. The van der Waals surface area contributed by atoms with E-state index in [0.29, 0.717) is 12.8 Å². The van der Waals surface area contributed by atoms with Gasteiger partial charge >= 0.3 is 5.97 Å². The summed E-state index contributed by atoms with van der Waals surface area (Å²) in [6.45, 7) is 1.73. The van der Waals surface area contributed by atoms with E-state index < -0.39 is 32.7 Å². The summed E-state index contributed by atoms with van der Waals surface area (Å²) in [5.74, 6) is -2.62. The van der Waals surface area contributed by atoms with Gasteiger partial charge in [0.25, 0.3) is 0 Å². The lowest BCUT2D eigenvalue weighted by atomic mass is 9.93. The molecule has 8 heteroatoms. The van der Waals surface area contributed by atoms with Gasteiger partial charge in [0, 0.05) is 6.54 Å². The third kappa shape index (κ3) is 2.90. The van der Waals surface area contributed by atoms with Gasteiger partial charge in [-0.1, -0.05) is 24.6 Å². The Morgan fingerprint density at radius 2 is 2.14 bits per heavy atom. The molecule has 1 aromatic carbocycles. The van der Waals surface area contributed by atoms with E-state index in [2.05, 4.69) is 0 Å². The van der Waals surface area contributed by atoms with Crippen molar-refractivity contribution in [2.75, 3.05) is 6.54 Å². The van der Waals surface area contributed by atoms with Gasteiger partial charge in [0.05, 0.1) is 5.02 Å². The normalized spacial score (nSPS) is 24.0. The number of aliphatic carboxylic acids is 1. The van der Waals surface area contributed by atoms with Crippen LogP contribution in [-0.4, -0.2) is 36.4 Å². The number of rotatable bonds is 3. The molecule has 0 radical (unpaired) electrons. The van der Waals surface area contributed by atoms with Crippen LogP contribution in [-0.2, 0) is 14.8 Å². The van der Waals surface area contributed by atoms with Crippen LogP contribution in [0.1, 0.15) is 19.8 Å². The van der Waals surface area contributed by atoms with E-state index in [1.54, 1.807) is 6.92 Å². The average molecular weight is 336 g/mol. The fourth-order valence-corrected chi connectivity index (χ4v) is 4.63. The van der Waals surface area contributed by atoms with Crippen LogP contribution in [0.25, 0.3) is 0 Å². The van der Waals surface area contributed by atoms with E-state index in [-0.39, 0.29) is 17.5 Å². The Morgan fingerprint density at radius 1 is 1.48 bits per heavy atom. The lowest BCUT2D eigenvalue weighted by Crippen LogP contribution is -2.51. The van der Waals surface area contributed by atoms with E-state index in [9.17, 15) is 22.7 Å². The zero-order chi connectivity index (χ0) is 15.8. The third-order valence-electron chi connectivity index (χ3n) is 3.64. The highest BCUT2D eigenvalue weighted by molar-refractivity contribution is 7.89. The van der Waals surface area contributed by atoms with Crippen LogP contribution in [0, 0.1) is 11.7 Å². The minimum Gasteiger partial charge on any atom is -0.480 e. The molecule has 1 aliphatic rings. The first kappa shape index (κ1) is 16.2. The summed E-state index contributed by atoms with van der Waals surface area (Å²) in [6.07, 6.45) is 1.15. The molecule has 21 heavy (non-hydrogen) atoms. The standard InChI is InChI=1S/C13H15ClFNO4S/c1-8-4-3-7-16(12(8)13(17)18)21(19,20)10-6-2-5-9(14)11(10)15/h2,5-6,8,12H,3-4,7H2,1H3,(H,17,18). The number of carbonyl (C=O) groups is 1. The summed E-state index contributed by atoms with van der Waals surface area (Å²) < 4.78 is 40.0. The van der Waals surface area contributed by atoms with E-state index in [1.807, 2.05) is 0 Å². The largest absolute Gasteiger partial charge is 0.480 e. The molecule has 0 bridgehead atoms. The minimum absolute atomic E-state index is 0.0512. The highest BCUT2D eigenvalue weighted by Gasteiger charge is 2.42. The Morgan fingerprint density at radius 3 is 2.76 bits per heavy atom. The first-order chi connectivity index (χ1) is 9.76. The zero-order valence-corrected chi connectivity index (χ0v) is 12.9. The van der Waals surface area contributed by atoms with Crippen LogP contribution in [0.15, 0.2) is 23.1 Å². The number of carboxylic acids is 1. The highest BCUT2D eigenvalue weighted by Crippen LogP contribution is 2.31. The number of hydrogen-bond donors (Lipinski definition) is 1. The Labute approximate surface area is 127 Å². The number of benzene rings is 1. The fraction of sp³-hybridized carbons (Fsp3) is 0.462. The molecule has 0 amide bonds. The Hall–Kier alpha value is -1.18. The summed E-state index contributed by atoms with van der Waals surface area (Å²) in [6, 6.07) is 2.46. The van der Waals surface area contributed by atoms with E-state index in [4.69, 9.17) is 11.6 Å². The van der Waals surface area contributed by atoms with Gasteiger partial charge in [-0.25, -0.2) is 12.8 Å². The van der Waals surface area contributed by atoms with Crippen LogP contribution in [0.5, 0.6) is 0 Å². The van der Waals surface area contributed by atoms with Gasteiger partial charge in [-0.3, -0.25) is 4.79 Å². The molecule has 0 spiro atoms. The van der Waals surface area contributed by atoms with E-state index in [1.165, 1.54) is 12.1 Å². The molecule has 0 aliphatic carbocycles. The number of sulfonamides is 1. The monoisotopic (exact) mass is 335 g/mol. The second-order valence-electron chi connectivity index (χ2n) is 5.07. The van der Waals surface area contributed by atoms with Crippen LogP contribution in [0.3, 0.4) is 0 Å². The molecule has 2 unspecified atom stereocenters. The summed E-state index contributed by atoms with van der Waals surface area (Å²) in [5, 5.41) is 8.98. The minimum atomic E-state index is -4.25. The highest BCUT2D eigenvalue weighted by atomic mass is 35.5. The maximum absolute atomic E-state index is 14.0. The summed E-state index contributed by atoms with van der Waals surface area (Å²) in [4.78, 5) is 10.8. The van der Waals surface area contributed by atoms with Gasteiger partial charge in [0.15, 0.2) is 5.82 Å². The fourth-order valence-electron chi connectivity index (χ4n) is 2.60. The van der Waals surface area contributed by atoms with Crippen molar-refractivity contribution in [1.29, 1.82) is 0 Å². The summed E-state index contributed by atoms with van der Waals surface area (Å²) >= 11 is 5.61. The molecule has 1 saturated heterocycles. The van der Waals surface area contributed by atoms with Gasteiger partial charge in [-0.05, 0) is 30.9 Å². The quantitative estimate of drug-likeness (QED) is 0.920. The van der Waals surface area contributed by atoms with Crippen molar-refractivity contribution in [3.05, 3.63) is 29.0 Å². The molecule has 2 rings (SSSR count). The van der Waals surface area contributed by atoms with Crippen molar-refractivity contribution in [2.24, 2.45) is 5.92 Å². The van der Waals surface area contributed by atoms with Crippen molar-refractivity contribution < 1.29 is 22.7 Å². The zero-order valence-electron chi connectivity index (χ0n) is 11.3. The lowest BCUT2D eigenvalue weighted by Gasteiger charge is -2.36. The van der Waals surface area contributed by atoms with Crippen molar-refractivity contribution in [3.63, 3.8) is 0 Å². The molecule has 2 atom stereocenters. The molecule has 5 nitrogen and oxygen atoms in total. The second kappa shape index (κ2) is 5.90. The van der Waals surface area contributed by atoms with Gasteiger partial charge < -0.3 is 5.11 Å². The van der Waals surface area contributed by atoms with Crippen LogP contribution in [0.2, 0.25) is 5.02 Å². The first-order valence-corrected chi connectivity index (χ1v) is 8.27. The Balaban J connectivity index is 2.51. The molecule has 1 aliphatic heterocycles. The molecule has 1 N–H and O–H groups in total. The Bertz CT molecular complexity index is 664.